The van der Waals surface area contributed by atoms with Crippen molar-refractivity contribution in [2.45, 2.75) is 5.92 Å². The first kappa shape index (κ1) is 19.7. The minimum atomic E-state index is -3.90. The van der Waals surface area contributed by atoms with Crippen molar-refractivity contribution >= 4 is 37.6 Å². The molecule has 0 aliphatic rings. The van der Waals surface area contributed by atoms with Gasteiger partial charge in [-0.05, 0) is 40.2 Å². The van der Waals surface area contributed by atoms with Crippen LogP contribution < -0.4 is 9.47 Å². The minimum absolute atomic E-state index is 0.0110. The van der Waals surface area contributed by atoms with E-state index in [2.05, 4.69) is 36.8 Å². The molecular formula is C16H13Br2F2NO4. The highest BCUT2D eigenvalue weighted by molar-refractivity contribution is 9.10. The van der Waals surface area contributed by atoms with Gasteiger partial charge in [-0.25, -0.2) is 4.98 Å². The van der Waals surface area contributed by atoms with E-state index in [-0.39, 0.29) is 28.5 Å². The second kappa shape index (κ2) is 8.20. The molecule has 134 valence electrons. The van der Waals surface area contributed by atoms with Crippen molar-refractivity contribution in [3.8, 4) is 11.6 Å². The van der Waals surface area contributed by atoms with Gasteiger partial charge in [0.25, 0.3) is 0 Å². The van der Waals surface area contributed by atoms with Crippen molar-refractivity contribution in [3.05, 3.63) is 50.5 Å². The van der Waals surface area contributed by atoms with Crippen molar-refractivity contribution < 1.29 is 27.8 Å². The maximum atomic E-state index is 14.8. The number of hydrogen-bond donors (Lipinski definition) is 0. The fraction of sp³-hybridized carbons (Fsp3) is 0.250. The molecule has 2 rings (SSSR count). The number of carbonyl (C=O) groups excluding carboxylic acids is 1. The molecule has 1 aromatic carbocycles. The maximum absolute atomic E-state index is 14.8. The third-order valence-electron chi connectivity index (χ3n) is 3.13. The van der Waals surface area contributed by atoms with E-state index < -0.39 is 17.4 Å². The Kier molecular flexibility index (Phi) is 6.47. The lowest BCUT2D eigenvalue weighted by atomic mass is 10.0. The first-order valence-corrected chi connectivity index (χ1v) is 8.44. The van der Waals surface area contributed by atoms with Crippen LogP contribution in [0.5, 0.6) is 11.6 Å². The zero-order valence-corrected chi connectivity index (χ0v) is 16.4. The average Bonchev–Trinajstić information content (AvgIpc) is 2.59. The SMILES string of the molecule is COCOc1cc(Br)ccc1C(=O)C(F)(F)c1nc(OC)ccc1Br. The fourth-order valence-corrected chi connectivity index (χ4v) is 2.77. The molecule has 0 fully saturated rings. The van der Waals surface area contributed by atoms with Crippen LogP contribution in [-0.4, -0.2) is 31.8 Å². The first-order valence-electron chi connectivity index (χ1n) is 6.86. The molecule has 5 nitrogen and oxygen atoms in total. The van der Waals surface area contributed by atoms with E-state index in [1.165, 1.54) is 44.6 Å². The van der Waals surface area contributed by atoms with E-state index in [0.29, 0.717) is 4.47 Å². The van der Waals surface area contributed by atoms with Gasteiger partial charge in [0.2, 0.25) is 11.7 Å². The minimum Gasteiger partial charge on any atom is -0.481 e. The molecule has 0 saturated heterocycles. The quantitative estimate of drug-likeness (QED) is 0.429. The third kappa shape index (κ3) is 4.34. The maximum Gasteiger partial charge on any atom is 0.352 e. The summed E-state index contributed by atoms with van der Waals surface area (Å²) in [5, 5.41) is 0. The fourth-order valence-electron chi connectivity index (χ4n) is 1.96. The third-order valence-corrected chi connectivity index (χ3v) is 4.27. The lowest BCUT2D eigenvalue weighted by Gasteiger charge is -2.18. The second-order valence-electron chi connectivity index (χ2n) is 4.78. The van der Waals surface area contributed by atoms with Gasteiger partial charge in [0.15, 0.2) is 6.79 Å². The van der Waals surface area contributed by atoms with Crippen molar-refractivity contribution in [2.24, 2.45) is 0 Å². The van der Waals surface area contributed by atoms with Crippen molar-refractivity contribution in [2.75, 3.05) is 21.0 Å². The highest BCUT2D eigenvalue weighted by Crippen LogP contribution is 2.38. The Morgan fingerprint density at radius 2 is 1.92 bits per heavy atom. The number of ether oxygens (including phenoxy) is 3. The zero-order valence-electron chi connectivity index (χ0n) is 13.2. The molecule has 0 N–H and O–H groups in total. The van der Waals surface area contributed by atoms with Crippen LogP contribution in [-0.2, 0) is 10.7 Å². The number of alkyl halides is 2. The van der Waals surface area contributed by atoms with Gasteiger partial charge < -0.3 is 14.2 Å². The summed E-state index contributed by atoms with van der Waals surface area (Å²) in [7, 11) is 2.68. The number of aromatic nitrogens is 1. The van der Waals surface area contributed by atoms with Gasteiger partial charge in [-0.3, -0.25) is 4.79 Å². The number of carbonyl (C=O) groups is 1. The van der Waals surface area contributed by atoms with Gasteiger partial charge in [0, 0.05) is 22.1 Å². The van der Waals surface area contributed by atoms with E-state index >= 15 is 0 Å². The molecule has 25 heavy (non-hydrogen) atoms. The van der Waals surface area contributed by atoms with Gasteiger partial charge >= 0.3 is 5.92 Å². The number of hydrogen-bond acceptors (Lipinski definition) is 5. The molecule has 0 saturated carbocycles. The molecule has 0 aliphatic carbocycles. The van der Waals surface area contributed by atoms with Crippen LogP contribution in [0.15, 0.2) is 39.3 Å². The number of halogens is 4. The van der Waals surface area contributed by atoms with E-state index in [0.717, 1.165) is 0 Å². The second-order valence-corrected chi connectivity index (χ2v) is 6.55. The van der Waals surface area contributed by atoms with Gasteiger partial charge in [0.1, 0.15) is 11.4 Å². The summed E-state index contributed by atoms with van der Waals surface area (Å²) in [4.78, 5) is 16.2. The Bertz CT molecular complexity index is 787. The molecule has 1 aromatic heterocycles. The van der Waals surface area contributed by atoms with Gasteiger partial charge in [-0.2, -0.15) is 8.78 Å². The van der Waals surface area contributed by atoms with Gasteiger partial charge in [-0.15, -0.1) is 0 Å². The van der Waals surface area contributed by atoms with Crippen LogP contribution in [0, 0.1) is 0 Å². The van der Waals surface area contributed by atoms with Crippen LogP contribution in [0.3, 0.4) is 0 Å². The number of rotatable bonds is 7. The van der Waals surface area contributed by atoms with Crippen LogP contribution in [0.4, 0.5) is 8.78 Å². The van der Waals surface area contributed by atoms with Crippen LogP contribution >= 0.6 is 31.9 Å². The summed E-state index contributed by atoms with van der Waals surface area (Å²) in [6, 6.07) is 6.87. The normalized spacial score (nSPS) is 11.3. The topological polar surface area (TPSA) is 57.7 Å². The predicted octanol–water partition coefficient (Wildman–Crippen LogP) is 4.57. The summed E-state index contributed by atoms with van der Waals surface area (Å²) in [5.74, 6) is -5.41. The number of methoxy groups -OCH3 is 2. The molecule has 0 amide bonds. The zero-order chi connectivity index (χ0) is 18.6. The predicted molar refractivity (Wildman–Crippen MR) is 93.4 cm³/mol. The van der Waals surface area contributed by atoms with Crippen LogP contribution in [0.25, 0.3) is 0 Å². The molecular weight excluding hydrogens is 468 g/mol. The standard InChI is InChI=1S/C16H13Br2F2NO4/c1-23-8-25-12-7-9(17)3-4-10(12)15(22)16(19,20)14-11(18)5-6-13(21-14)24-2/h3-7H,8H2,1-2H3. The number of Topliss-reactive ketones (excluding diaryl/α,β-unsaturated/α-hetero) is 1. The highest BCUT2D eigenvalue weighted by Gasteiger charge is 2.46. The molecule has 2 aromatic rings. The summed E-state index contributed by atoms with van der Waals surface area (Å²) < 4.78 is 45.1. The Balaban J connectivity index is 2.48. The summed E-state index contributed by atoms with van der Waals surface area (Å²) >= 11 is 6.21. The summed E-state index contributed by atoms with van der Waals surface area (Å²) in [5.41, 5.74) is -1.03. The largest absolute Gasteiger partial charge is 0.481 e. The molecule has 1 heterocycles. The molecule has 0 bridgehead atoms. The van der Waals surface area contributed by atoms with E-state index in [1.807, 2.05) is 0 Å². The van der Waals surface area contributed by atoms with Crippen LogP contribution in [0.2, 0.25) is 0 Å². The molecule has 0 spiro atoms. The molecule has 9 heteroatoms. The summed E-state index contributed by atoms with van der Waals surface area (Å²) in [6.07, 6.45) is 0. The molecule has 0 atom stereocenters. The lowest BCUT2D eigenvalue weighted by Crippen LogP contribution is -2.28. The average molecular weight is 481 g/mol. The Labute approximate surface area is 159 Å². The Hall–Kier alpha value is -1.58. The lowest BCUT2D eigenvalue weighted by molar-refractivity contribution is 0.00275. The van der Waals surface area contributed by atoms with E-state index in [1.54, 1.807) is 0 Å². The van der Waals surface area contributed by atoms with Gasteiger partial charge in [0.05, 0.1) is 12.7 Å². The first-order chi connectivity index (χ1) is 11.8. The highest BCUT2D eigenvalue weighted by atomic mass is 79.9. The Morgan fingerprint density at radius 1 is 1.20 bits per heavy atom. The number of nitrogens with zero attached hydrogens (tertiary/aromatic N) is 1. The molecule has 0 aliphatic heterocycles. The monoisotopic (exact) mass is 479 g/mol. The Morgan fingerprint density at radius 3 is 2.56 bits per heavy atom. The van der Waals surface area contributed by atoms with Crippen molar-refractivity contribution in [3.63, 3.8) is 0 Å². The number of ketones is 1. The van der Waals surface area contributed by atoms with Gasteiger partial charge in [-0.1, -0.05) is 15.9 Å². The molecule has 0 unspecified atom stereocenters. The van der Waals surface area contributed by atoms with Crippen molar-refractivity contribution in [1.29, 1.82) is 0 Å². The van der Waals surface area contributed by atoms with Crippen LogP contribution in [0.1, 0.15) is 16.1 Å². The van der Waals surface area contributed by atoms with Crippen molar-refractivity contribution in [1.82, 2.24) is 4.98 Å². The number of pyridine rings is 1. The molecule has 0 radical (unpaired) electrons. The summed E-state index contributed by atoms with van der Waals surface area (Å²) in [6.45, 7) is -0.191. The van der Waals surface area contributed by atoms with E-state index in [4.69, 9.17) is 14.2 Å². The van der Waals surface area contributed by atoms with E-state index in [9.17, 15) is 13.6 Å². The smallest absolute Gasteiger partial charge is 0.352 e. The number of benzene rings is 1.